The molecule has 6 heteroatoms. The average molecular weight is 467 g/mol. The van der Waals surface area contributed by atoms with E-state index in [2.05, 4.69) is 10.3 Å². The van der Waals surface area contributed by atoms with Crippen molar-refractivity contribution in [2.45, 2.75) is 63.2 Å². The smallest absolute Gasteiger partial charge is 0.138 e. The molecule has 0 saturated heterocycles. The lowest BCUT2D eigenvalue weighted by Crippen LogP contribution is -2.56. The van der Waals surface area contributed by atoms with Gasteiger partial charge in [-0.3, -0.25) is 0 Å². The fourth-order valence-electron chi connectivity index (χ4n) is 5.87. The molecule has 2 aliphatic carbocycles. The Balaban J connectivity index is 1.25. The van der Waals surface area contributed by atoms with Crippen molar-refractivity contribution >= 4 is 21.6 Å². The molecule has 5 rings (SSSR count). The quantitative estimate of drug-likeness (QED) is 0.467. The van der Waals surface area contributed by atoms with Gasteiger partial charge in [-0.15, -0.1) is 11.3 Å². The van der Waals surface area contributed by atoms with Gasteiger partial charge in [0.25, 0.3) is 0 Å². The van der Waals surface area contributed by atoms with Crippen LogP contribution in [0.25, 0.3) is 10.2 Å². The maximum absolute atomic E-state index is 11.9. The monoisotopic (exact) mass is 466 g/mol. The predicted molar refractivity (Wildman–Crippen MR) is 133 cm³/mol. The van der Waals surface area contributed by atoms with Crippen LogP contribution in [0.15, 0.2) is 48.5 Å². The first-order chi connectivity index (χ1) is 16.0. The summed E-state index contributed by atoms with van der Waals surface area (Å²) in [6, 6.07) is 15.8. The molecule has 33 heavy (non-hydrogen) atoms. The van der Waals surface area contributed by atoms with Crippen LogP contribution in [0.4, 0.5) is 0 Å². The van der Waals surface area contributed by atoms with E-state index in [-0.39, 0.29) is 12.6 Å². The third kappa shape index (κ3) is 4.80. The lowest BCUT2D eigenvalue weighted by molar-refractivity contribution is -0.0803. The van der Waals surface area contributed by atoms with Gasteiger partial charge >= 0.3 is 0 Å². The van der Waals surface area contributed by atoms with Gasteiger partial charge in [0.1, 0.15) is 24.1 Å². The largest absolute Gasteiger partial charge is 0.489 e. The second-order valence-electron chi connectivity index (χ2n) is 9.80. The van der Waals surface area contributed by atoms with E-state index >= 15 is 0 Å². The van der Waals surface area contributed by atoms with Crippen molar-refractivity contribution in [3.63, 3.8) is 0 Å². The Kier molecular flexibility index (Phi) is 6.70. The third-order valence-corrected chi connectivity index (χ3v) is 8.55. The highest BCUT2D eigenvalue weighted by Gasteiger charge is 2.47. The molecule has 2 fully saturated rings. The van der Waals surface area contributed by atoms with Gasteiger partial charge in [0, 0.05) is 12.6 Å². The first-order valence-electron chi connectivity index (χ1n) is 12.2. The fraction of sp³-hybridized carbons (Fsp3) is 0.519. The van der Waals surface area contributed by atoms with Crippen molar-refractivity contribution in [1.82, 2.24) is 10.3 Å². The summed E-state index contributed by atoms with van der Waals surface area (Å²) in [5.41, 5.74) is 0.996. The zero-order valence-corrected chi connectivity index (χ0v) is 20.1. The summed E-state index contributed by atoms with van der Waals surface area (Å²) in [5, 5.41) is 27.1. The van der Waals surface area contributed by atoms with E-state index in [4.69, 9.17) is 4.74 Å². The molecule has 176 valence electrons. The van der Waals surface area contributed by atoms with E-state index in [0.29, 0.717) is 18.4 Å². The first-order valence-corrected chi connectivity index (χ1v) is 13.0. The first kappa shape index (κ1) is 22.8. The van der Waals surface area contributed by atoms with Crippen molar-refractivity contribution in [1.29, 1.82) is 0 Å². The predicted octanol–water partition coefficient (Wildman–Crippen LogP) is 4.79. The lowest BCUT2D eigenvalue weighted by atomic mass is 9.62. The molecule has 0 amide bonds. The number of thiazole rings is 1. The molecule has 0 aliphatic heterocycles. The van der Waals surface area contributed by atoms with Crippen molar-refractivity contribution < 1.29 is 14.9 Å². The van der Waals surface area contributed by atoms with Crippen molar-refractivity contribution in [2.75, 3.05) is 13.2 Å². The number of nitrogens with one attached hydrogen (secondary N) is 1. The number of benzene rings is 2. The van der Waals surface area contributed by atoms with Crippen molar-refractivity contribution in [2.24, 2.45) is 11.8 Å². The molecule has 5 nitrogen and oxygen atoms in total. The molecular formula is C27H34N2O3S. The van der Waals surface area contributed by atoms with Crippen LogP contribution < -0.4 is 10.1 Å². The molecular weight excluding hydrogens is 432 g/mol. The van der Waals surface area contributed by atoms with E-state index in [0.717, 1.165) is 39.4 Å². The minimum absolute atomic E-state index is 0.0820. The fourth-order valence-corrected chi connectivity index (χ4v) is 6.76. The Morgan fingerprint density at radius 3 is 2.73 bits per heavy atom. The molecule has 0 radical (unpaired) electrons. The molecule has 2 aliphatic rings. The van der Waals surface area contributed by atoms with E-state index in [1.165, 1.54) is 25.7 Å². The van der Waals surface area contributed by atoms with Crippen LogP contribution in [0.1, 0.15) is 49.1 Å². The second-order valence-corrected chi connectivity index (χ2v) is 11.0. The average Bonchev–Trinajstić information content (AvgIpc) is 3.22. The standard InChI is InChI=1S/C27H34N2O3S/c1-18-29-23-12-7-13-24(26(23)33-18)32-17-22(30)16-28-25-14-19-8-5-6-9-20(19)15-27(25,31)21-10-3-2-4-11-21/h2-4,7,10-13,19-20,22,25,28,30-31H,5-6,8-9,14-17H2,1H3. The summed E-state index contributed by atoms with van der Waals surface area (Å²) in [7, 11) is 0. The number of hydrogen-bond acceptors (Lipinski definition) is 6. The highest BCUT2D eigenvalue weighted by Crippen LogP contribution is 2.48. The summed E-state index contributed by atoms with van der Waals surface area (Å²) in [6.07, 6.45) is 6.09. The summed E-state index contributed by atoms with van der Waals surface area (Å²) < 4.78 is 6.99. The minimum atomic E-state index is -0.911. The summed E-state index contributed by atoms with van der Waals surface area (Å²) >= 11 is 1.61. The number of aliphatic hydroxyl groups excluding tert-OH is 1. The number of aromatic nitrogens is 1. The Bertz CT molecular complexity index is 1070. The summed E-state index contributed by atoms with van der Waals surface area (Å²) in [6.45, 7) is 2.57. The highest BCUT2D eigenvalue weighted by molar-refractivity contribution is 7.18. The van der Waals surface area contributed by atoms with Crippen LogP contribution in [0.3, 0.4) is 0 Å². The number of nitrogens with zero attached hydrogens (tertiary/aromatic N) is 1. The van der Waals surface area contributed by atoms with Crippen LogP contribution in [0.5, 0.6) is 5.75 Å². The van der Waals surface area contributed by atoms with E-state index < -0.39 is 11.7 Å². The van der Waals surface area contributed by atoms with Gasteiger partial charge in [0.2, 0.25) is 0 Å². The normalized spacial score (nSPS) is 28.4. The molecule has 5 atom stereocenters. The third-order valence-electron chi connectivity index (χ3n) is 7.55. The van der Waals surface area contributed by atoms with Crippen molar-refractivity contribution in [3.05, 3.63) is 59.1 Å². The molecule has 5 unspecified atom stereocenters. The molecule has 3 aromatic rings. The van der Waals surface area contributed by atoms with Gasteiger partial charge in [-0.25, -0.2) is 4.98 Å². The van der Waals surface area contributed by atoms with Gasteiger partial charge in [-0.2, -0.15) is 0 Å². The van der Waals surface area contributed by atoms with E-state index in [1.807, 2.05) is 55.5 Å². The van der Waals surface area contributed by atoms with Crippen LogP contribution in [-0.2, 0) is 5.60 Å². The Labute approximate surface area is 199 Å². The van der Waals surface area contributed by atoms with Crippen LogP contribution >= 0.6 is 11.3 Å². The molecule has 1 aromatic heterocycles. The maximum atomic E-state index is 11.9. The van der Waals surface area contributed by atoms with Gasteiger partial charge in [-0.1, -0.05) is 62.1 Å². The lowest BCUT2D eigenvalue weighted by Gasteiger charge is -2.49. The summed E-state index contributed by atoms with van der Waals surface area (Å²) in [4.78, 5) is 4.51. The zero-order chi connectivity index (χ0) is 22.8. The van der Waals surface area contributed by atoms with Crippen LogP contribution in [0.2, 0.25) is 0 Å². The topological polar surface area (TPSA) is 74.6 Å². The second kappa shape index (κ2) is 9.71. The summed E-state index contributed by atoms with van der Waals surface area (Å²) in [5.74, 6) is 2.00. The maximum Gasteiger partial charge on any atom is 0.138 e. The van der Waals surface area contributed by atoms with Gasteiger partial charge < -0.3 is 20.3 Å². The molecule has 0 spiro atoms. The molecule has 2 saturated carbocycles. The molecule has 1 heterocycles. The number of rotatable bonds is 7. The van der Waals surface area contributed by atoms with Gasteiger partial charge in [0.05, 0.1) is 15.2 Å². The number of ether oxygens (including phenoxy) is 1. The number of hydrogen-bond donors (Lipinski definition) is 3. The number of aryl methyl sites for hydroxylation is 1. The van der Waals surface area contributed by atoms with Gasteiger partial charge in [-0.05, 0) is 49.3 Å². The Hall–Kier alpha value is -1.99. The molecule has 0 bridgehead atoms. The number of fused-ring (bicyclic) bond motifs is 2. The highest BCUT2D eigenvalue weighted by atomic mass is 32.1. The van der Waals surface area contributed by atoms with Gasteiger partial charge in [0.15, 0.2) is 0 Å². The Morgan fingerprint density at radius 2 is 1.91 bits per heavy atom. The minimum Gasteiger partial charge on any atom is -0.489 e. The van der Waals surface area contributed by atoms with Crippen LogP contribution in [0, 0.1) is 18.8 Å². The van der Waals surface area contributed by atoms with Crippen molar-refractivity contribution in [3.8, 4) is 5.75 Å². The van der Waals surface area contributed by atoms with E-state index in [9.17, 15) is 10.2 Å². The molecule has 3 N–H and O–H groups in total. The Morgan fingerprint density at radius 1 is 1.12 bits per heavy atom. The van der Waals surface area contributed by atoms with Crippen LogP contribution in [-0.4, -0.2) is 40.5 Å². The molecule has 2 aromatic carbocycles. The van der Waals surface area contributed by atoms with E-state index in [1.54, 1.807) is 11.3 Å². The zero-order valence-electron chi connectivity index (χ0n) is 19.2. The number of aliphatic hydroxyl groups is 2. The SMILES string of the molecule is Cc1nc2cccc(OCC(O)CNC3CC4CCCCC4CC3(O)c3ccccc3)c2s1.